The van der Waals surface area contributed by atoms with Crippen LogP contribution >= 0.6 is 0 Å². The lowest BCUT2D eigenvalue weighted by atomic mass is 9.91. The van der Waals surface area contributed by atoms with Gasteiger partial charge in [-0.3, -0.25) is 0 Å². The van der Waals surface area contributed by atoms with E-state index in [9.17, 15) is 0 Å². The molecule has 3 saturated heterocycles. The molecule has 2 atom stereocenters. The number of benzene rings is 1. The van der Waals surface area contributed by atoms with Crippen LogP contribution in [0.25, 0.3) is 0 Å². The second kappa shape index (κ2) is 3.51. The highest BCUT2D eigenvalue weighted by Crippen LogP contribution is 2.26. The standard InChI is InChI=1S/C12H17N3/c13-6-9-1-3-12(4-2-9)15-7-10-5-11(8-15)14-10/h1-4,10-11,14H,5-8,13H2. The predicted octanol–water partition coefficient (Wildman–Crippen LogP) is 0.696. The van der Waals surface area contributed by atoms with Crippen LogP contribution in [0.5, 0.6) is 0 Å². The quantitative estimate of drug-likeness (QED) is 0.743. The first-order chi connectivity index (χ1) is 7.35. The number of fused-ring (bicyclic) bond motifs is 2. The number of rotatable bonds is 2. The Kier molecular flexibility index (Phi) is 2.15. The first kappa shape index (κ1) is 9.19. The molecule has 1 aromatic carbocycles. The van der Waals surface area contributed by atoms with E-state index in [2.05, 4.69) is 34.5 Å². The number of hydrogen-bond acceptors (Lipinski definition) is 3. The lowest BCUT2D eigenvalue weighted by molar-refractivity contribution is 0.226. The molecule has 0 radical (unpaired) electrons. The molecule has 80 valence electrons. The molecule has 0 amide bonds. The van der Waals surface area contributed by atoms with Gasteiger partial charge in [-0.1, -0.05) is 12.1 Å². The summed E-state index contributed by atoms with van der Waals surface area (Å²) in [5, 5.41) is 3.54. The lowest BCUT2D eigenvalue weighted by Gasteiger charge is -2.49. The van der Waals surface area contributed by atoms with E-state index in [1.807, 2.05) is 0 Å². The molecule has 3 N–H and O–H groups in total. The zero-order chi connectivity index (χ0) is 10.3. The summed E-state index contributed by atoms with van der Waals surface area (Å²) in [6.07, 6.45) is 1.36. The summed E-state index contributed by atoms with van der Waals surface area (Å²) in [6.45, 7) is 2.93. The topological polar surface area (TPSA) is 41.3 Å². The third kappa shape index (κ3) is 1.62. The SMILES string of the molecule is NCc1ccc(N2CC3CC(C2)N3)cc1. The maximum absolute atomic E-state index is 5.58. The van der Waals surface area contributed by atoms with Crippen LogP contribution in [0.4, 0.5) is 5.69 Å². The Balaban J connectivity index is 1.75. The van der Waals surface area contributed by atoms with E-state index in [-0.39, 0.29) is 0 Å². The van der Waals surface area contributed by atoms with E-state index in [4.69, 9.17) is 5.73 Å². The van der Waals surface area contributed by atoms with E-state index >= 15 is 0 Å². The Morgan fingerprint density at radius 2 is 1.80 bits per heavy atom. The van der Waals surface area contributed by atoms with Crippen LogP contribution in [0.2, 0.25) is 0 Å². The molecule has 0 aliphatic carbocycles. The fourth-order valence-corrected chi connectivity index (χ4v) is 2.57. The number of nitrogens with two attached hydrogens (primary N) is 1. The highest BCUT2D eigenvalue weighted by Gasteiger charge is 2.36. The third-order valence-corrected chi connectivity index (χ3v) is 3.46. The largest absolute Gasteiger partial charge is 0.368 e. The van der Waals surface area contributed by atoms with Crippen LogP contribution in [0.1, 0.15) is 12.0 Å². The molecule has 3 heterocycles. The number of piperidine rings is 1. The Hall–Kier alpha value is -1.06. The summed E-state index contributed by atoms with van der Waals surface area (Å²) in [4.78, 5) is 2.47. The Morgan fingerprint density at radius 1 is 1.20 bits per heavy atom. The van der Waals surface area contributed by atoms with Gasteiger partial charge in [0, 0.05) is 37.4 Å². The van der Waals surface area contributed by atoms with Gasteiger partial charge in [0.15, 0.2) is 0 Å². The molecule has 3 aliphatic rings. The van der Waals surface area contributed by atoms with Gasteiger partial charge >= 0.3 is 0 Å². The summed E-state index contributed by atoms with van der Waals surface area (Å²) in [7, 11) is 0. The van der Waals surface area contributed by atoms with Gasteiger partial charge in [-0.05, 0) is 24.1 Å². The molecule has 3 heteroatoms. The monoisotopic (exact) mass is 203 g/mol. The Morgan fingerprint density at radius 3 is 2.33 bits per heavy atom. The normalized spacial score (nSPS) is 28.7. The average Bonchev–Trinajstić information content (AvgIpc) is 2.28. The van der Waals surface area contributed by atoms with Crippen LogP contribution < -0.4 is 16.0 Å². The number of nitrogens with zero attached hydrogens (tertiary/aromatic N) is 1. The van der Waals surface area contributed by atoms with Crippen LogP contribution in [0.3, 0.4) is 0 Å². The van der Waals surface area contributed by atoms with Gasteiger partial charge < -0.3 is 16.0 Å². The van der Waals surface area contributed by atoms with Crippen molar-refractivity contribution in [1.29, 1.82) is 0 Å². The summed E-state index contributed by atoms with van der Waals surface area (Å²) < 4.78 is 0. The lowest BCUT2D eigenvalue weighted by Crippen LogP contribution is -2.67. The number of piperazine rings is 1. The molecular formula is C12H17N3. The molecular weight excluding hydrogens is 186 g/mol. The number of anilines is 1. The smallest absolute Gasteiger partial charge is 0.0367 e. The van der Waals surface area contributed by atoms with Gasteiger partial charge in [0.25, 0.3) is 0 Å². The van der Waals surface area contributed by atoms with E-state index < -0.39 is 0 Å². The zero-order valence-electron chi connectivity index (χ0n) is 8.82. The molecule has 3 nitrogen and oxygen atoms in total. The van der Waals surface area contributed by atoms with Crippen LogP contribution in [-0.4, -0.2) is 25.2 Å². The van der Waals surface area contributed by atoms with Crippen molar-refractivity contribution in [3.05, 3.63) is 29.8 Å². The van der Waals surface area contributed by atoms with Crippen LogP contribution in [0.15, 0.2) is 24.3 Å². The molecule has 2 unspecified atom stereocenters. The summed E-state index contributed by atoms with van der Waals surface area (Å²) in [6, 6.07) is 10.1. The third-order valence-electron chi connectivity index (χ3n) is 3.46. The fraction of sp³-hybridized carbons (Fsp3) is 0.500. The van der Waals surface area contributed by atoms with Gasteiger partial charge in [0.2, 0.25) is 0 Å². The minimum absolute atomic E-state index is 0.632. The average molecular weight is 203 g/mol. The molecule has 3 aliphatic heterocycles. The molecule has 0 saturated carbocycles. The first-order valence-electron chi connectivity index (χ1n) is 5.65. The Bertz CT molecular complexity index is 330. The highest BCUT2D eigenvalue weighted by molar-refractivity contribution is 5.49. The van der Waals surface area contributed by atoms with Crippen molar-refractivity contribution in [2.24, 2.45) is 5.73 Å². The van der Waals surface area contributed by atoms with Gasteiger partial charge in [0.1, 0.15) is 0 Å². The van der Waals surface area contributed by atoms with Crippen LogP contribution in [0, 0.1) is 0 Å². The molecule has 1 aromatic rings. The Labute approximate surface area is 90.3 Å². The predicted molar refractivity (Wildman–Crippen MR) is 61.9 cm³/mol. The second-order valence-electron chi connectivity index (χ2n) is 4.57. The van der Waals surface area contributed by atoms with Crippen molar-refractivity contribution in [3.63, 3.8) is 0 Å². The summed E-state index contributed by atoms with van der Waals surface area (Å²) in [5.41, 5.74) is 8.13. The minimum atomic E-state index is 0.632. The van der Waals surface area contributed by atoms with Gasteiger partial charge in [-0.15, -0.1) is 0 Å². The van der Waals surface area contributed by atoms with Crippen molar-refractivity contribution < 1.29 is 0 Å². The van der Waals surface area contributed by atoms with Gasteiger partial charge in [-0.2, -0.15) is 0 Å². The fourth-order valence-electron chi connectivity index (χ4n) is 2.57. The van der Waals surface area contributed by atoms with E-state index in [0.717, 1.165) is 25.2 Å². The van der Waals surface area contributed by atoms with Crippen molar-refractivity contribution in [2.45, 2.75) is 25.0 Å². The van der Waals surface area contributed by atoms with Crippen molar-refractivity contribution in [3.8, 4) is 0 Å². The van der Waals surface area contributed by atoms with Crippen molar-refractivity contribution >= 4 is 5.69 Å². The second-order valence-corrected chi connectivity index (χ2v) is 4.57. The van der Waals surface area contributed by atoms with Crippen LogP contribution in [-0.2, 0) is 6.54 Å². The minimum Gasteiger partial charge on any atom is -0.368 e. The van der Waals surface area contributed by atoms with Crippen molar-refractivity contribution in [2.75, 3.05) is 18.0 Å². The van der Waals surface area contributed by atoms with Gasteiger partial charge in [0.05, 0.1) is 0 Å². The summed E-state index contributed by atoms with van der Waals surface area (Å²) >= 11 is 0. The van der Waals surface area contributed by atoms with E-state index in [0.29, 0.717) is 6.54 Å². The molecule has 4 rings (SSSR count). The van der Waals surface area contributed by atoms with Crippen molar-refractivity contribution in [1.82, 2.24) is 5.32 Å². The number of hydrogen-bond donors (Lipinski definition) is 2. The zero-order valence-corrected chi connectivity index (χ0v) is 8.82. The molecule has 15 heavy (non-hydrogen) atoms. The number of nitrogens with one attached hydrogen (secondary N) is 1. The summed E-state index contributed by atoms with van der Waals surface area (Å²) in [5.74, 6) is 0. The highest BCUT2D eigenvalue weighted by atomic mass is 15.3. The maximum atomic E-state index is 5.58. The maximum Gasteiger partial charge on any atom is 0.0367 e. The van der Waals surface area contributed by atoms with Gasteiger partial charge in [-0.25, -0.2) is 0 Å². The van der Waals surface area contributed by atoms with E-state index in [1.54, 1.807) is 0 Å². The molecule has 0 aromatic heterocycles. The molecule has 3 fully saturated rings. The van der Waals surface area contributed by atoms with E-state index in [1.165, 1.54) is 17.7 Å². The first-order valence-corrected chi connectivity index (χ1v) is 5.65. The molecule has 0 spiro atoms. The molecule has 2 bridgehead atoms.